The van der Waals surface area contributed by atoms with Crippen LogP contribution in [0.2, 0.25) is 0 Å². The Balaban J connectivity index is 1.81. The minimum Gasteiger partial charge on any atom is -0.478 e. The Morgan fingerprint density at radius 1 is 1.45 bits per heavy atom. The molecule has 1 fully saturated rings. The molecular weight excluding hydrogens is 256 g/mol. The molecule has 0 amide bonds. The molecule has 2 N–H and O–H groups in total. The lowest BCUT2D eigenvalue weighted by molar-refractivity contribution is 0.0347. The number of hydrogen-bond acceptors (Lipinski definition) is 4. The molecule has 1 aromatic rings. The van der Waals surface area contributed by atoms with Crippen molar-refractivity contribution in [3.63, 3.8) is 0 Å². The van der Waals surface area contributed by atoms with E-state index in [-0.39, 0.29) is 5.56 Å². The van der Waals surface area contributed by atoms with E-state index >= 15 is 0 Å². The van der Waals surface area contributed by atoms with E-state index in [1.807, 2.05) is 6.92 Å². The second-order valence-corrected chi connectivity index (χ2v) is 5.23. The fourth-order valence-corrected chi connectivity index (χ4v) is 2.52. The van der Waals surface area contributed by atoms with Gasteiger partial charge in [-0.25, -0.2) is 4.79 Å². The van der Waals surface area contributed by atoms with Crippen molar-refractivity contribution in [2.24, 2.45) is 0 Å². The lowest BCUT2D eigenvalue weighted by Crippen LogP contribution is -2.21. The third kappa shape index (κ3) is 4.20. The van der Waals surface area contributed by atoms with E-state index in [1.54, 1.807) is 6.07 Å². The first-order chi connectivity index (χ1) is 9.66. The molecule has 0 unspecified atom stereocenters. The van der Waals surface area contributed by atoms with E-state index in [2.05, 4.69) is 10.3 Å². The van der Waals surface area contributed by atoms with Gasteiger partial charge in [0.25, 0.3) is 0 Å². The summed E-state index contributed by atoms with van der Waals surface area (Å²) in [5, 5.41) is 12.2. The number of aromatic nitrogens is 1. The summed E-state index contributed by atoms with van der Waals surface area (Å²) >= 11 is 0. The van der Waals surface area contributed by atoms with Gasteiger partial charge in [0.15, 0.2) is 0 Å². The zero-order valence-electron chi connectivity index (χ0n) is 11.9. The van der Waals surface area contributed by atoms with Crippen molar-refractivity contribution in [1.29, 1.82) is 0 Å². The topological polar surface area (TPSA) is 71.5 Å². The van der Waals surface area contributed by atoms with E-state index in [9.17, 15) is 4.79 Å². The fourth-order valence-electron chi connectivity index (χ4n) is 2.52. The van der Waals surface area contributed by atoms with Gasteiger partial charge in [0, 0.05) is 18.4 Å². The largest absolute Gasteiger partial charge is 0.478 e. The van der Waals surface area contributed by atoms with Crippen molar-refractivity contribution in [2.75, 3.05) is 18.5 Å². The normalized spacial score (nSPS) is 16.1. The van der Waals surface area contributed by atoms with Crippen LogP contribution in [0.3, 0.4) is 0 Å². The molecule has 0 aliphatic heterocycles. The first-order valence-electron chi connectivity index (χ1n) is 7.22. The minimum atomic E-state index is -0.965. The van der Waals surface area contributed by atoms with Gasteiger partial charge in [0.2, 0.25) is 0 Å². The molecule has 1 heterocycles. The van der Waals surface area contributed by atoms with Crippen molar-refractivity contribution >= 4 is 11.7 Å². The monoisotopic (exact) mass is 278 g/mol. The molecule has 110 valence electrons. The van der Waals surface area contributed by atoms with Gasteiger partial charge >= 0.3 is 5.97 Å². The zero-order valence-corrected chi connectivity index (χ0v) is 11.9. The van der Waals surface area contributed by atoms with Crippen LogP contribution < -0.4 is 5.32 Å². The first kappa shape index (κ1) is 14.8. The molecule has 0 radical (unpaired) electrons. The van der Waals surface area contributed by atoms with Gasteiger partial charge in [-0.1, -0.05) is 19.3 Å². The Kier molecular flexibility index (Phi) is 5.35. The zero-order chi connectivity index (χ0) is 14.4. The third-order valence-corrected chi connectivity index (χ3v) is 3.59. The van der Waals surface area contributed by atoms with Crippen LogP contribution in [0.25, 0.3) is 0 Å². The second-order valence-electron chi connectivity index (χ2n) is 5.23. The molecule has 20 heavy (non-hydrogen) atoms. The number of nitrogens with one attached hydrogen (secondary N) is 1. The predicted octanol–water partition coefficient (Wildman–Crippen LogP) is 2.85. The number of aryl methyl sites for hydroxylation is 1. The van der Waals surface area contributed by atoms with Crippen molar-refractivity contribution in [3.8, 4) is 0 Å². The minimum absolute atomic E-state index is 0.202. The molecule has 1 aromatic heterocycles. The van der Waals surface area contributed by atoms with Gasteiger partial charge < -0.3 is 15.2 Å². The van der Waals surface area contributed by atoms with Crippen molar-refractivity contribution in [2.45, 2.75) is 45.1 Å². The maximum Gasteiger partial charge on any atom is 0.339 e. The van der Waals surface area contributed by atoms with E-state index in [4.69, 9.17) is 9.84 Å². The van der Waals surface area contributed by atoms with Gasteiger partial charge in [-0.15, -0.1) is 0 Å². The van der Waals surface area contributed by atoms with Crippen LogP contribution >= 0.6 is 0 Å². The van der Waals surface area contributed by atoms with Gasteiger partial charge in [-0.2, -0.15) is 0 Å². The highest BCUT2D eigenvalue weighted by Crippen LogP contribution is 2.20. The molecule has 5 heteroatoms. The number of carbonyl (C=O) groups is 1. The summed E-state index contributed by atoms with van der Waals surface area (Å²) in [5.74, 6) is -0.965. The number of aromatic carboxylic acids is 1. The van der Waals surface area contributed by atoms with Gasteiger partial charge in [-0.05, 0) is 25.8 Å². The lowest BCUT2D eigenvalue weighted by Gasteiger charge is -2.22. The molecule has 2 rings (SSSR count). The number of ether oxygens (including phenoxy) is 1. The maximum atomic E-state index is 11.1. The number of carboxylic acids is 1. The van der Waals surface area contributed by atoms with Crippen LogP contribution in [0.15, 0.2) is 12.3 Å². The Morgan fingerprint density at radius 3 is 2.90 bits per heavy atom. The summed E-state index contributed by atoms with van der Waals surface area (Å²) in [6.07, 6.45) is 7.89. The number of hydrogen-bond donors (Lipinski definition) is 2. The Morgan fingerprint density at radius 2 is 2.20 bits per heavy atom. The smallest absolute Gasteiger partial charge is 0.339 e. The van der Waals surface area contributed by atoms with Crippen molar-refractivity contribution in [3.05, 3.63) is 23.5 Å². The van der Waals surface area contributed by atoms with Gasteiger partial charge in [0.05, 0.1) is 18.4 Å². The molecule has 5 nitrogen and oxygen atoms in total. The van der Waals surface area contributed by atoms with Crippen molar-refractivity contribution < 1.29 is 14.6 Å². The molecular formula is C15H22N2O3. The summed E-state index contributed by atoms with van der Waals surface area (Å²) in [6.45, 7) is 3.06. The number of pyridine rings is 1. The van der Waals surface area contributed by atoms with Crippen LogP contribution in [0.5, 0.6) is 0 Å². The lowest BCUT2D eigenvalue weighted by atomic mass is 9.98. The van der Waals surface area contributed by atoms with Crippen LogP contribution in [0.4, 0.5) is 5.69 Å². The van der Waals surface area contributed by atoms with Crippen LogP contribution in [-0.4, -0.2) is 35.3 Å². The number of nitrogens with zero attached hydrogens (tertiary/aromatic N) is 1. The highest BCUT2D eigenvalue weighted by Gasteiger charge is 2.14. The summed E-state index contributed by atoms with van der Waals surface area (Å²) in [5.41, 5.74) is 1.61. The van der Waals surface area contributed by atoms with Crippen LogP contribution in [0, 0.1) is 6.92 Å². The molecule has 1 saturated carbocycles. The average molecular weight is 278 g/mol. The number of rotatable bonds is 6. The summed E-state index contributed by atoms with van der Waals surface area (Å²) < 4.78 is 5.81. The van der Waals surface area contributed by atoms with E-state index in [0.717, 1.165) is 18.5 Å². The van der Waals surface area contributed by atoms with Gasteiger partial charge in [-0.3, -0.25) is 4.98 Å². The maximum absolute atomic E-state index is 11.1. The number of anilines is 1. The Labute approximate surface area is 119 Å². The fraction of sp³-hybridized carbons (Fsp3) is 0.600. The quantitative estimate of drug-likeness (QED) is 0.783. The average Bonchev–Trinajstić information content (AvgIpc) is 2.44. The van der Waals surface area contributed by atoms with Gasteiger partial charge in [0.1, 0.15) is 5.56 Å². The Bertz CT molecular complexity index is 456. The Hall–Kier alpha value is -1.62. The molecule has 0 spiro atoms. The molecule has 1 aliphatic carbocycles. The third-order valence-electron chi connectivity index (χ3n) is 3.59. The van der Waals surface area contributed by atoms with Crippen LogP contribution in [-0.2, 0) is 4.74 Å². The molecule has 0 atom stereocenters. The standard InChI is InChI=1S/C15H22N2O3/c1-11-9-14(13(10-17-11)15(18)19)16-7-8-20-12-5-3-2-4-6-12/h9-10,12H,2-8H2,1H3,(H,16,17)(H,18,19). The molecule has 0 saturated heterocycles. The second kappa shape index (κ2) is 7.24. The summed E-state index contributed by atoms with van der Waals surface area (Å²) in [7, 11) is 0. The summed E-state index contributed by atoms with van der Waals surface area (Å²) in [6, 6.07) is 1.75. The van der Waals surface area contributed by atoms with E-state index < -0.39 is 5.97 Å². The SMILES string of the molecule is Cc1cc(NCCOC2CCCCC2)c(C(=O)O)cn1. The highest BCUT2D eigenvalue weighted by molar-refractivity contribution is 5.93. The van der Waals surface area contributed by atoms with E-state index in [1.165, 1.54) is 25.5 Å². The summed E-state index contributed by atoms with van der Waals surface area (Å²) in [4.78, 5) is 15.1. The van der Waals surface area contributed by atoms with E-state index in [0.29, 0.717) is 24.9 Å². The number of carboxylic acid groups (broad SMARTS) is 1. The molecule has 1 aliphatic rings. The van der Waals surface area contributed by atoms with Crippen molar-refractivity contribution in [1.82, 2.24) is 4.98 Å². The molecule has 0 bridgehead atoms. The first-order valence-corrected chi connectivity index (χ1v) is 7.22. The van der Waals surface area contributed by atoms with Crippen LogP contribution in [0.1, 0.15) is 48.2 Å². The highest BCUT2D eigenvalue weighted by atomic mass is 16.5. The molecule has 0 aromatic carbocycles. The predicted molar refractivity (Wildman–Crippen MR) is 77.2 cm³/mol.